The summed E-state index contributed by atoms with van der Waals surface area (Å²) in [5.74, 6) is -0.333. The Bertz CT molecular complexity index is 329. The molecule has 0 amide bonds. The highest BCUT2D eigenvalue weighted by atomic mass is 35.5. The van der Waals surface area contributed by atoms with Crippen molar-refractivity contribution < 1.29 is 0 Å². The lowest BCUT2D eigenvalue weighted by atomic mass is 10.1. The van der Waals surface area contributed by atoms with E-state index in [0.29, 0.717) is 6.04 Å². The summed E-state index contributed by atoms with van der Waals surface area (Å²) >= 11 is 0. The number of hydrogen-bond acceptors (Lipinski definition) is 3. The van der Waals surface area contributed by atoms with E-state index in [1.54, 1.807) is 0 Å². The van der Waals surface area contributed by atoms with E-state index in [1.165, 1.54) is 24.9 Å². The van der Waals surface area contributed by atoms with Crippen molar-refractivity contribution in [2.24, 2.45) is 11.5 Å². The lowest BCUT2D eigenvalue weighted by molar-refractivity contribution is 0.317. The number of halogens is 2. The van der Waals surface area contributed by atoms with E-state index >= 15 is 0 Å². The van der Waals surface area contributed by atoms with Crippen molar-refractivity contribution in [3.63, 3.8) is 0 Å². The summed E-state index contributed by atoms with van der Waals surface area (Å²) in [5, 5.41) is 6.06. The highest BCUT2D eigenvalue weighted by molar-refractivity contribution is 5.85. The minimum atomic E-state index is -0.333. The van der Waals surface area contributed by atoms with Crippen LogP contribution in [0.2, 0.25) is 0 Å². The molecule has 0 bridgehead atoms. The monoisotopic (exact) mass is 293 g/mol. The summed E-state index contributed by atoms with van der Waals surface area (Å²) in [5.41, 5.74) is 10.3. The van der Waals surface area contributed by atoms with Crippen LogP contribution in [0.3, 0.4) is 0 Å². The zero-order valence-corrected chi connectivity index (χ0v) is 12.0. The van der Waals surface area contributed by atoms with Crippen molar-refractivity contribution in [3.05, 3.63) is 30.1 Å². The van der Waals surface area contributed by atoms with Crippen LogP contribution in [-0.4, -0.2) is 29.4 Å². The third-order valence-electron chi connectivity index (χ3n) is 2.59. The molecule has 1 aliphatic rings. The van der Waals surface area contributed by atoms with Gasteiger partial charge in [-0.2, -0.15) is 0 Å². The third-order valence-corrected chi connectivity index (χ3v) is 2.59. The lowest BCUT2D eigenvalue weighted by Crippen LogP contribution is -2.20. The van der Waals surface area contributed by atoms with Crippen LogP contribution in [0.5, 0.6) is 0 Å². The van der Waals surface area contributed by atoms with E-state index in [-0.39, 0.29) is 30.8 Å². The Morgan fingerprint density at radius 2 is 2.06 bits per heavy atom. The Kier molecular flexibility index (Phi) is 10.7. The topological polar surface area (TPSA) is 92.0 Å². The summed E-state index contributed by atoms with van der Waals surface area (Å²) in [6, 6.07) is 4.79. The zero-order valence-electron chi connectivity index (χ0n) is 10.4. The number of guanidine groups is 1. The third kappa shape index (κ3) is 6.64. The van der Waals surface area contributed by atoms with Crippen molar-refractivity contribution >= 4 is 30.8 Å². The lowest BCUT2D eigenvalue weighted by Gasteiger charge is -2.18. The van der Waals surface area contributed by atoms with Gasteiger partial charge in [-0.25, -0.2) is 0 Å². The second-order valence-corrected chi connectivity index (χ2v) is 3.88. The first kappa shape index (κ1) is 19.3. The molecule has 1 unspecified atom stereocenters. The molecule has 5 nitrogen and oxygen atoms in total. The maximum Gasteiger partial charge on any atom is 0.183 e. The molecule has 1 aromatic heterocycles. The Labute approximate surface area is 120 Å². The van der Waals surface area contributed by atoms with E-state index in [9.17, 15) is 0 Å². The molecule has 1 aromatic rings. The van der Waals surface area contributed by atoms with Gasteiger partial charge < -0.3 is 11.5 Å². The SMILES string of the molecule is CN1CCCC1c1cccnc1.Cl.Cl.N=C(N)N. The summed E-state index contributed by atoms with van der Waals surface area (Å²) < 4.78 is 0. The largest absolute Gasteiger partial charge is 0.370 e. The Morgan fingerprint density at radius 1 is 1.44 bits per heavy atom. The molecule has 1 aliphatic heterocycles. The molecule has 0 aromatic carbocycles. The minimum Gasteiger partial charge on any atom is -0.370 e. The van der Waals surface area contributed by atoms with E-state index in [0.717, 1.165) is 0 Å². The molecule has 1 fully saturated rings. The molecule has 0 spiro atoms. The quantitative estimate of drug-likeness (QED) is 0.541. The first-order valence-corrected chi connectivity index (χ1v) is 5.31. The molecule has 1 atom stereocenters. The average Bonchev–Trinajstić information content (AvgIpc) is 2.65. The molecular formula is C11H21Cl2N5. The molecule has 7 heteroatoms. The average molecular weight is 294 g/mol. The number of nitrogens with one attached hydrogen (secondary N) is 1. The van der Waals surface area contributed by atoms with Crippen molar-refractivity contribution in [3.8, 4) is 0 Å². The van der Waals surface area contributed by atoms with Gasteiger partial charge in [-0.3, -0.25) is 15.3 Å². The molecule has 0 radical (unpaired) electrons. The number of pyridine rings is 1. The van der Waals surface area contributed by atoms with Gasteiger partial charge in [0, 0.05) is 18.4 Å². The van der Waals surface area contributed by atoms with Gasteiger partial charge in [-0.15, -0.1) is 24.8 Å². The molecule has 104 valence electrons. The number of nitrogens with two attached hydrogens (primary N) is 2. The molecule has 2 heterocycles. The fraction of sp³-hybridized carbons (Fsp3) is 0.455. The van der Waals surface area contributed by atoms with E-state index in [2.05, 4.69) is 34.5 Å². The van der Waals surface area contributed by atoms with Crippen molar-refractivity contribution in [2.45, 2.75) is 18.9 Å². The van der Waals surface area contributed by atoms with Crippen LogP contribution in [0, 0.1) is 5.41 Å². The summed E-state index contributed by atoms with van der Waals surface area (Å²) in [4.78, 5) is 6.54. The van der Waals surface area contributed by atoms with Gasteiger partial charge in [0.15, 0.2) is 5.96 Å². The maximum atomic E-state index is 6.06. The Hall–Kier alpha value is -1.04. The summed E-state index contributed by atoms with van der Waals surface area (Å²) in [6.45, 7) is 1.22. The van der Waals surface area contributed by atoms with Gasteiger partial charge in [0.2, 0.25) is 0 Å². The molecular weight excluding hydrogens is 273 g/mol. The van der Waals surface area contributed by atoms with Crippen molar-refractivity contribution in [1.82, 2.24) is 9.88 Å². The zero-order chi connectivity index (χ0) is 12.0. The van der Waals surface area contributed by atoms with Gasteiger partial charge in [0.25, 0.3) is 0 Å². The first-order valence-electron chi connectivity index (χ1n) is 5.31. The van der Waals surface area contributed by atoms with Gasteiger partial charge in [-0.1, -0.05) is 6.07 Å². The van der Waals surface area contributed by atoms with Crippen molar-refractivity contribution in [1.29, 1.82) is 5.41 Å². The van der Waals surface area contributed by atoms with Crippen LogP contribution in [-0.2, 0) is 0 Å². The Balaban J connectivity index is 0. The fourth-order valence-corrected chi connectivity index (χ4v) is 1.90. The summed E-state index contributed by atoms with van der Waals surface area (Å²) in [7, 11) is 2.19. The van der Waals surface area contributed by atoms with Crippen molar-refractivity contribution in [2.75, 3.05) is 13.6 Å². The minimum absolute atomic E-state index is 0. The molecule has 2 rings (SSSR count). The predicted molar refractivity (Wildman–Crippen MR) is 79.4 cm³/mol. The highest BCUT2D eigenvalue weighted by Gasteiger charge is 2.21. The van der Waals surface area contributed by atoms with E-state index in [1.807, 2.05) is 18.5 Å². The number of hydrogen-bond donors (Lipinski definition) is 3. The smallest absolute Gasteiger partial charge is 0.183 e. The highest BCUT2D eigenvalue weighted by Crippen LogP contribution is 2.29. The van der Waals surface area contributed by atoms with Crippen LogP contribution >= 0.6 is 24.8 Å². The predicted octanol–water partition coefficient (Wildman–Crippen LogP) is 1.53. The van der Waals surface area contributed by atoms with Crippen LogP contribution in [0.4, 0.5) is 0 Å². The second-order valence-electron chi connectivity index (χ2n) is 3.88. The second kappa shape index (κ2) is 9.94. The van der Waals surface area contributed by atoms with Crippen LogP contribution in [0.25, 0.3) is 0 Å². The van der Waals surface area contributed by atoms with E-state index in [4.69, 9.17) is 5.41 Å². The fourth-order valence-electron chi connectivity index (χ4n) is 1.90. The number of rotatable bonds is 1. The standard InChI is InChI=1S/C10H14N2.CH5N3.2ClH/c1-12-7-3-5-10(12)9-4-2-6-11-8-9;2-1(3)4;;/h2,4,6,8,10H,3,5,7H2,1H3;(H5,2,3,4);2*1H. The van der Waals surface area contributed by atoms with E-state index < -0.39 is 0 Å². The molecule has 0 aliphatic carbocycles. The molecule has 18 heavy (non-hydrogen) atoms. The Morgan fingerprint density at radius 3 is 2.44 bits per heavy atom. The van der Waals surface area contributed by atoms with Gasteiger partial charge in [0.05, 0.1) is 0 Å². The summed E-state index contributed by atoms with van der Waals surface area (Å²) in [6.07, 6.45) is 6.41. The molecule has 1 saturated heterocycles. The molecule has 5 N–H and O–H groups in total. The normalized spacial score (nSPS) is 17.7. The number of aromatic nitrogens is 1. The van der Waals surface area contributed by atoms with Crippen LogP contribution in [0.1, 0.15) is 24.4 Å². The van der Waals surface area contributed by atoms with Crippen LogP contribution < -0.4 is 11.5 Å². The maximum absolute atomic E-state index is 6.06. The molecule has 0 saturated carbocycles. The number of nitrogens with zero attached hydrogens (tertiary/aromatic N) is 2. The van der Waals surface area contributed by atoms with Crippen LogP contribution in [0.15, 0.2) is 24.5 Å². The number of likely N-dealkylation sites (tertiary alicyclic amines) is 1. The van der Waals surface area contributed by atoms with Gasteiger partial charge in [-0.05, 0) is 38.1 Å². The first-order chi connectivity index (χ1) is 7.61. The van der Waals surface area contributed by atoms with Gasteiger partial charge >= 0.3 is 0 Å². The van der Waals surface area contributed by atoms with Gasteiger partial charge in [0.1, 0.15) is 0 Å².